The van der Waals surface area contributed by atoms with Gasteiger partial charge in [-0.2, -0.15) is 0 Å². The Balaban J connectivity index is 2.80. The summed E-state index contributed by atoms with van der Waals surface area (Å²) in [6.07, 6.45) is 0.432. The molecule has 0 saturated carbocycles. The fraction of sp³-hybridized carbons (Fsp3) is 0.588. The highest BCUT2D eigenvalue weighted by Crippen LogP contribution is 2.32. The van der Waals surface area contributed by atoms with E-state index in [2.05, 4.69) is 31.4 Å². The van der Waals surface area contributed by atoms with Crippen molar-refractivity contribution in [2.45, 2.75) is 53.1 Å². The van der Waals surface area contributed by atoms with E-state index in [1.165, 1.54) is 12.1 Å². The van der Waals surface area contributed by atoms with Crippen molar-refractivity contribution >= 4 is 5.91 Å². The van der Waals surface area contributed by atoms with Gasteiger partial charge in [-0.1, -0.05) is 39.8 Å². The summed E-state index contributed by atoms with van der Waals surface area (Å²) >= 11 is 0. The zero-order valence-corrected chi connectivity index (χ0v) is 13.7. The highest BCUT2D eigenvalue weighted by Gasteiger charge is 2.28. The van der Waals surface area contributed by atoms with Crippen LogP contribution in [0.2, 0.25) is 0 Å². The van der Waals surface area contributed by atoms with Gasteiger partial charge in [0.2, 0.25) is 5.91 Å². The van der Waals surface area contributed by atoms with Crippen molar-refractivity contribution in [1.82, 2.24) is 10.6 Å². The summed E-state index contributed by atoms with van der Waals surface area (Å²) in [5, 5.41) is 6.31. The lowest BCUT2D eigenvalue weighted by molar-refractivity contribution is -0.123. The molecule has 1 rings (SSSR count). The molecule has 4 heteroatoms. The molecule has 0 spiro atoms. The molecule has 0 aliphatic rings. The molecular weight excluding hydrogens is 267 g/mol. The molecule has 0 radical (unpaired) electrons. The molecule has 0 heterocycles. The van der Waals surface area contributed by atoms with Gasteiger partial charge in [0.05, 0.1) is 6.04 Å². The molecule has 2 unspecified atom stereocenters. The van der Waals surface area contributed by atoms with Crippen molar-refractivity contribution in [2.24, 2.45) is 5.41 Å². The summed E-state index contributed by atoms with van der Waals surface area (Å²) < 4.78 is 13.1. The minimum absolute atomic E-state index is 0.00713. The molecule has 0 saturated heterocycles. The van der Waals surface area contributed by atoms with E-state index in [0.717, 1.165) is 12.1 Å². The summed E-state index contributed by atoms with van der Waals surface area (Å²) in [4.78, 5) is 12.2. The highest BCUT2D eigenvalue weighted by atomic mass is 19.1. The van der Waals surface area contributed by atoms with Gasteiger partial charge in [-0.05, 0) is 36.6 Å². The van der Waals surface area contributed by atoms with Crippen LogP contribution < -0.4 is 10.6 Å². The van der Waals surface area contributed by atoms with E-state index in [9.17, 15) is 9.18 Å². The van der Waals surface area contributed by atoms with E-state index < -0.39 is 0 Å². The summed E-state index contributed by atoms with van der Waals surface area (Å²) in [5.41, 5.74) is 0.780. The fourth-order valence-electron chi connectivity index (χ4n) is 2.37. The molecule has 21 heavy (non-hydrogen) atoms. The molecular formula is C17H27FN2O. The lowest BCUT2D eigenvalue weighted by Gasteiger charge is -2.32. The smallest absolute Gasteiger partial charge is 0.222 e. The van der Waals surface area contributed by atoms with Crippen LogP contribution in [0.4, 0.5) is 4.39 Å². The van der Waals surface area contributed by atoms with Crippen LogP contribution in [-0.4, -0.2) is 18.5 Å². The van der Waals surface area contributed by atoms with Crippen LogP contribution in [0.15, 0.2) is 24.3 Å². The first kappa shape index (κ1) is 17.6. The molecule has 1 aromatic carbocycles. The first-order valence-electron chi connectivity index (χ1n) is 7.52. The Morgan fingerprint density at radius 1 is 1.24 bits per heavy atom. The van der Waals surface area contributed by atoms with E-state index >= 15 is 0 Å². The van der Waals surface area contributed by atoms with Gasteiger partial charge in [-0.25, -0.2) is 4.39 Å². The van der Waals surface area contributed by atoms with Gasteiger partial charge in [-0.3, -0.25) is 4.79 Å². The quantitative estimate of drug-likeness (QED) is 0.844. The standard InChI is InChI=1S/C17H27FN2O/c1-6-19-12(2)11-15(21)20-16(17(3,4)5)13-7-9-14(18)10-8-13/h7-10,12,16,19H,6,11H2,1-5H3,(H,20,21). The number of nitrogens with one attached hydrogen (secondary N) is 2. The van der Waals surface area contributed by atoms with Crippen molar-refractivity contribution in [3.63, 3.8) is 0 Å². The Morgan fingerprint density at radius 2 is 1.81 bits per heavy atom. The third-order valence-electron chi connectivity index (χ3n) is 3.42. The summed E-state index contributed by atoms with van der Waals surface area (Å²) in [7, 11) is 0. The van der Waals surface area contributed by atoms with Gasteiger partial charge >= 0.3 is 0 Å². The summed E-state index contributed by atoms with van der Waals surface area (Å²) in [6.45, 7) is 11.0. The second-order valence-electron chi connectivity index (χ2n) is 6.58. The van der Waals surface area contributed by atoms with E-state index in [4.69, 9.17) is 0 Å². The molecule has 0 aliphatic carbocycles. The zero-order valence-electron chi connectivity index (χ0n) is 13.7. The van der Waals surface area contributed by atoms with Gasteiger partial charge in [0.25, 0.3) is 0 Å². The van der Waals surface area contributed by atoms with Crippen LogP contribution in [0.5, 0.6) is 0 Å². The molecule has 0 fully saturated rings. The fourth-order valence-corrected chi connectivity index (χ4v) is 2.37. The van der Waals surface area contributed by atoms with Crippen molar-refractivity contribution in [3.05, 3.63) is 35.6 Å². The SMILES string of the molecule is CCNC(C)CC(=O)NC(c1ccc(F)cc1)C(C)(C)C. The number of hydrogen-bond acceptors (Lipinski definition) is 2. The minimum atomic E-state index is -0.265. The molecule has 1 amide bonds. The summed E-state index contributed by atoms with van der Waals surface area (Å²) in [6, 6.07) is 6.34. The third kappa shape index (κ3) is 5.84. The third-order valence-corrected chi connectivity index (χ3v) is 3.42. The largest absolute Gasteiger partial charge is 0.349 e. The molecule has 3 nitrogen and oxygen atoms in total. The lowest BCUT2D eigenvalue weighted by atomic mass is 9.82. The van der Waals surface area contributed by atoms with Crippen LogP contribution in [0.25, 0.3) is 0 Å². The molecule has 1 aromatic rings. The predicted molar refractivity (Wildman–Crippen MR) is 84.5 cm³/mol. The highest BCUT2D eigenvalue weighted by molar-refractivity contribution is 5.77. The van der Waals surface area contributed by atoms with Gasteiger partial charge < -0.3 is 10.6 Å². The number of halogens is 1. The molecule has 0 aliphatic heterocycles. The minimum Gasteiger partial charge on any atom is -0.349 e. The normalized spacial score (nSPS) is 14.6. The Hall–Kier alpha value is -1.42. The first-order chi connectivity index (χ1) is 9.74. The van der Waals surface area contributed by atoms with Crippen LogP contribution in [0.3, 0.4) is 0 Å². The van der Waals surface area contributed by atoms with Crippen LogP contribution in [0.1, 0.15) is 52.6 Å². The maximum Gasteiger partial charge on any atom is 0.222 e. The number of hydrogen-bond donors (Lipinski definition) is 2. The Bertz CT molecular complexity index is 451. The average molecular weight is 294 g/mol. The van der Waals surface area contributed by atoms with Gasteiger partial charge in [0.15, 0.2) is 0 Å². The van der Waals surface area contributed by atoms with E-state index in [-0.39, 0.29) is 29.2 Å². The summed E-state index contributed by atoms with van der Waals surface area (Å²) in [5.74, 6) is -0.258. The van der Waals surface area contributed by atoms with E-state index in [1.54, 1.807) is 12.1 Å². The molecule has 2 atom stereocenters. The monoisotopic (exact) mass is 294 g/mol. The van der Waals surface area contributed by atoms with Crippen molar-refractivity contribution < 1.29 is 9.18 Å². The maximum atomic E-state index is 13.1. The Morgan fingerprint density at radius 3 is 2.29 bits per heavy atom. The lowest BCUT2D eigenvalue weighted by Crippen LogP contribution is -2.39. The second-order valence-corrected chi connectivity index (χ2v) is 6.58. The van der Waals surface area contributed by atoms with Crippen molar-refractivity contribution in [3.8, 4) is 0 Å². The van der Waals surface area contributed by atoms with E-state index in [1.807, 2.05) is 13.8 Å². The van der Waals surface area contributed by atoms with Crippen LogP contribution in [-0.2, 0) is 4.79 Å². The number of amides is 1. The van der Waals surface area contributed by atoms with Crippen LogP contribution >= 0.6 is 0 Å². The first-order valence-corrected chi connectivity index (χ1v) is 7.52. The topological polar surface area (TPSA) is 41.1 Å². The molecule has 2 N–H and O–H groups in total. The number of carbonyl (C=O) groups excluding carboxylic acids is 1. The molecule has 0 bridgehead atoms. The molecule has 118 valence electrons. The predicted octanol–water partition coefficient (Wildman–Crippen LogP) is 3.42. The Kier molecular flexibility index (Phi) is 6.34. The number of rotatable bonds is 6. The van der Waals surface area contributed by atoms with Crippen molar-refractivity contribution in [2.75, 3.05) is 6.54 Å². The van der Waals surface area contributed by atoms with Crippen molar-refractivity contribution in [1.29, 1.82) is 0 Å². The number of carbonyl (C=O) groups is 1. The Labute approximate surface area is 127 Å². The second kappa shape index (κ2) is 7.55. The van der Waals surface area contributed by atoms with Gasteiger partial charge in [-0.15, -0.1) is 0 Å². The maximum absolute atomic E-state index is 13.1. The molecule has 0 aromatic heterocycles. The zero-order chi connectivity index (χ0) is 16.0. The average Bonchev–Trinajstić information content (AvgIpc) is 2.36. The number of benzene rings is 1. The van der Waals surface area contributed by atoms with E-state index in [0.29, 0.717) is 6.42 Å². The van der Waals surface area contributed by atoms with Gasteiger partial charge in [0, 0.05) is 12.5 Å². The van der Waals surface area contributed by atoms with Crippen LogP contribution in [0, 0.1) is 11.2 Å². The van der Waals surface area contributed by atoms with Gasteiger partial charge in [0.1, 0.15) is 5.82 Å².